The Balaban J connectivity index is 1.41. The molecule has 1 aromatic carbocycles. The molecular formula is C21H33N5O2. The second-order valence-corrected chi connectivity index (χ2v) is 8.49. The van der Waals surface area contributed by atoms with Crippen molar-refractivity contribution in [2.24, 2.45) is 10.7 Å². The summed E-state index contributed by atoms with van der Waals surface area (Å²) in [7, 11) is 0. The Hall–Kier alpha value is -2.28. The number of rotatable bonds is 3. The third-order valence-corrected chi connectivity index (χ3v) is 5.16. The number of hydrogen-bond donors (Lipinski definition) is 1. The third-order valence-electron chi connectivity index (χ3n) is 5.16. The number of hydrogen-bond acceptors (Lipinski definition) is 4. The lowest BCUT2D eigenvalue weighted by Gasteiger charge is -2.36. The zero-order valence-corrected chi connectivity index (χ0v) is 17.4. The number of carbonyl (C=O) groups excluding carboxylic acids is 1. The van der Waals surface area contributed by atoms with E-state index >= 15 is 0 Å². The van der Waals surface area contributed by atoms with Crippen LogP contribution in [0, 0.1) is 0 Å². The molecule has 7 nitrogen and oxygen atoms in total. The van der Waals surface area contributed by atoms with E-state index in [-0.39, 0.29) is 6.09 Å². The molecule has 0 aromatic heterocycles. The number of carbonyl (C=O) groups is 1. The third kappa shape index (κ3) is 5.61. The Bertz CT molecular complexity index is 705. The summed E-state index contributed by atoms with van der Waals surface area (Å²) in [4.78, 5) is 22.9. The van der Waals surface area contributed by atoms with Gasteiger partial charge in [0.05, 0.1) is 6.54 Å². The average Bonchev–Trinajstić information content (AvgIpc) is 2.66. The van der Waals surface area contributed by atoms with Crippen LogP contribution in [0.4, 0.5) is 4.79 Å². The molecule has 154 valence electrons. The van der Waals surface area contributed by atoms with E-state index in [1.54, 1.807) is 4.90 Å². The van der Waals surface area contributed by atoms with Crippen molar-refractivity contribution in [3.05, 3.63) is 35.4 Å². The van der Waals surface area contributed by atoms with Gasteiger partial charge >= 0.3 is 6.09 Å². The Morgan fingerprint density at radius 3 is 2.39 bits per heavy atom. The topological polar surface area (TPSA) is 74.4 Å². The first-order valence-corrected chi connectivity index (χ1v) is 10.1. The van der Waals surface area contributed by atoms with Gasteiger partial charge in [0, 0.05) is 45.8 Å². The summed E-state index contributed by atoms with van der Waals surface area (Å²) in [6.45, 7) is 11.9. The highest BCUT2D eigenvalue weighted by atomic mass is 16.6. The highest BCUT2D eigenvalue weighted by molar-refractivity contribution is 5.78. The molecular weight excluding hydrogens is 354 g/mol. The zero-order valence-electron chi connectivity index (χ0n) is 17.4. The number of benzene rings is 1. The van der Waals surface area contributed by atoms with Gasteiger partial charge in [0.2, 0.25) is 0 Å². The van der Waals surface area contributed by atoms with Crippen molar-refractivity contribution in [2.45, 2.75) is 39.3 Å². The lowest BCUT2D eigenvalue weighted by atomic mass is 10.0. The molecule has 1 saturated heterocycles. The fraction of sp³-hybridized carbons (Fsp3) is 0.619. The lowest BCUT2D eigenvalue weighted by molar-refractivity contribution is 0.0186. The van der Waals surface area contributed by atoms with Gasteiger partial charge in [-0.25, -0.2) is 4.79 Å². The first-order valence-electron chi connectivity index (χ1n) is 10.1. The highest BCUT2D eigenvalue weighted by Crippen LogP contribution is 2.18. The summed E-state index contributed by atoms with van der Waals surface area (Å²) >= 11 is 0. The van der Waals surface area contributed by atoms with Crippen molar-refractivity contribution >= 4 is 12.1 Å². The predicted molar refractivity (Wildman–Crippen MR) is 111 cm³/mol. The van der Waals surface area contributed by atoms with Crippen molar-refractivity contribution < 1.29 is 9.53 Å². The molecule has 7 heteroatoms. The number of amides is 1. The largest absolute Gasteiger partial charge is 0.444 e. The summed E-state index contributed by atoms with van der Waals surface area (Å²) in [5.74, 6) is 0.571. The summed E-state index contributed by atoms with van der Waals surface area (Å²) < 4.78 is 5.43. The highest BCUT2D eigenvalue weighted by Gasteiger charge is 2.26. The first kappa shape index (κ1) is 20.5. The van der Waals surface area contributed by atoms with E-state index in [0.29, 0.717) is 38.7 Å². The fourth-order valence-corrected chi connectivity index (χ4v) is 3.60. The van der Waals surface area contributed by atoms with E-state index in [0.717, 1.165) is 26.1 Å². The van der Waals surface area contributed by atoms with Gasteiger partial charge < -0.3 is 20.3 Å². The molecule has 2 N–H and O–H groups in total. The van der Waals surface area contributed by atoms with Crippen molar-refractivity contribution in [1.29, 1.82) is 0 Å². The molecule has 0 atom stereocenters. The van der Waals surface area contributed by atoms with Gasteiger partial charge in [-0.3, -0.25) is 9.89 Å². The van der Waals surface area contributed by atoms with Gasteiger partial charge in [-0.05, 0) is 38.3 Å². The van der Waals surface area contributed by atoms with Crippen molar-refractivity contribution in [3.63, 3.8) is 0 Å². The molecule has 1 aromatic rings. The van der Waals surface area contributed by atoms with Gasteiger partial charge in [-0.1, -0.05) is 24.3 Å². The van der Waals surface area contributed by atoms with Crippen LogP contribution in [0.2, 0.25) is 0 Å². The smallest absolute Gasteiger partial charge is 0.410 e. The number of nitrogens with two attached hydrogens (primary N) is 1. The molecule has 0 unspecified atom stereocenters. The SMILES string of the molecule is CC(C)(C)OC(=O)N1CCN(C(N)=NCCN2CCc3ccccc3C2)CC1. The van der Waals surface area contributed by atoms with E-state index in [1.807, 2.05) is 25.7 Å². The van der Waals surface area contributed by atoms with Crippen LogP contribution in [0.1, 0.15) is 31.9 Å². The van der Waals surface area contributed by atoms with Gasteiger partial charge in [-0.15, -0.1) is 0 Å². The number of nitrogens with zero attached hydrogens (tertiary/aromatic N) is 4. The van der Waals surface area contributed by atoms with E-state index in [2.05, 4.69) is 34.2 Å². The zero-order chi connectivity index (χ0) is 20.1. The molecule has 0 spiro atoms. The molecule has 0 saturated carbocycles. The minimum Gasteiger partial charge on any atom is -0.444 e. The second-order valence-electron chi connectivity index (χ2n) is 8.49. The minimum atomic E-state index is -0.469. The van der Waals surface area contributed by atoms with Crippen LogP contribution < -0.4 is 5.73 Å². The van der Waals surface area contributed by atoms with Crippen LogP contribution >= 0.6 is 0 Å². The molecule has 1 fully saturated rings. The predicted octanol–water partition coefficient (Wildman–Crippen LogP) is 1.91. The lowest BCUT2D eigenvalue weighted by Crippen LogP contribution is -2.53. The maximum atomic E-state index is 12.1. The van der Waals surface area contributed by atoms with E-state index < -0.39 is 5.60 Å². The number of ether oxygens (including phenoxy) is 1. The summed E-state index contributed by atoms with van der Waals surface area (Å²) in [5.41, 5.74) is 8.60. The molecule has 0 bridgehead atoms. The summed E-state index contributed by atoms with van der Waals surface area (Å²) in [6.07, 6.45) is 0.843. The molecule has 3 rings (SSSR count). The van der Waals surface area contributed by atoms with Gasteiger partial charge in [0.25, 0.3) is 0 Å². The minimum absolute atomic E-state index is 0.256. The van der Waals surface area contributed by atoms with Crippen LogP contribution in [0.15, 0.2) is 29.3 Å². The van der Waals surface area contributed by atoms with Gasteiger partial charge in [0.1, 0.15) is 5.60 Å². The Morgan fingerprint density at radius 1 is 1.07 bits per heavy atom. The monoisotopic (exact) mass is 387 g/mol. The van der Waals surface area contributed by atoms with E-state index in [9.17, 15) is 4.79 Å². The Morgan fingerprint density at radius 2 is 1.71 bits per heavy atom. The molecule has 0 aliphatic carbocycles. The van der Waals surface area contributed by atoms with Crippen molar-refractivity contribution in [1.82, 2.24) is 14.7 Å². The normalized spacial score (nSPS) is 18.8. The fourth-order valence-electron chi connectivity index (χ4n) is 3.60. The van der Waals surface area contributed by atoms with Gasteiger partial charge in [-0.2, -0.15) is 0 Å². The standard InChI is InChI=1S/C21H33N5O2/c1-21(2,3)28-20(27)26-14-12-25(13-15-26)19(22)23-9-11-24-10-8-17-6-4-5-7-18(17)16-24/h4-7H,8-16H2,1-3H3,(H2,22,23). The number of guanidine groups is 1. The van der Waals surface area contributed by atoms with E-state index in [4.69, 9.17) is 10.5 Å². The number of piperazine rings is 1. The molecule has 28 heavy (non-hydrogen) atoms. The molecule has 2 aliphatic rings. The maximum Gasteiger partial charge on any atom is 0.410 e. The van der Waals surface area contributed by atoms with Gasteiger partial charge in [0.15, 0.2) is 5.96 Å². The number of fused-ring (bicyclic) bond motifs is 1. The maximum absolute atomic E-state index is 12.1. The van der Waals surface area contributed by atoms with Crippen LogP contribution in [-0.2, 0) is 17.7 Å². The second kappa shape index (κ2) is 8.82. The summed E-state index contributed by atoms with van der Waals surface area (Å²) in [5, 5.41) is 0. The van der Waals surface area contributed by atoms with Crippen LogP contribution in [0.25, 0.3) is 0 Å². The molecule has 2 aliphatic heterocycles. The molecule has 0 radical (unpaired) electrons. The van der Waals surface area contributed by atoms with E-state index in [1.165, 1.54) is 11.1 Å². The summed E-state index contributed by atoms with van der Waals surface area (Å²) in [6, 6.07) is 8.65. The quantitative estimate of drug-likeness (QED) is 0.633. The van der Waals surface area contributed by atoms with Crippen molar-refractivity contribution in [3.8, 4) is 0 Å². The molecule has 2 heterocycles. The molecule has 1 amide bonds. The average molecular weight is 388 g/mol. The number of aliphatic imine (C=N–C) groups is 1. The van der Waals surface area contributed by atoms with Crippen LogP contribution in [0.3, 0.4) is 0 Å². The first-order chi connectivity index (χ1) is 13.3. The van der Waals surface area contributed by atoms with Crippen molar-refractivity contribution in [2.75, 3.05) is 45.8 Å². The van der Waals surface area contributed by atoms with Crippen LogP contribution in [-0.4, -0.2) is 78.2 Å². The Kier molecular flexibility index (Phi) is 6.44. The Labute approximate surface area is 168 Å². The van der Waals surface area contributed by atoms with Crippen LogP contribution in [0.5, 0.6) is 0 Å².